The number of carbonyl (C=O) groups is 1. The molecule has 0 unspecified atom stereocenters. The molecule has 0 spiro atoms. The first-order valence-corrected chi connectivity index (χ1v) is 5.98. The molecule has 0 radical (unpaired) electrons. The number of nitrogen functional groups attached to an aromatic ring is 1. The smallest absolute Gasteiger partial charge is 0.339 e. The van der Waals surface area contributed by atoms with Gasteiger partial charge in [0.1, 0.15) is 23.7 Å². The van der Waals surface area contributed by atoms with Crippen LogP contribution in [-0.4, -0.2) is 18.2 Å². The van der Waals surface area contributed by atoms with E-state index in [2.05, 4.69) is 0 Å². The van der Waals surface area contributed by atoms with Gasteiger partial charge in [0.25, 0.3) is 0 Å². The molecule has 5 nitrogen and oxygen atoms in total. The van der Waals surface area contributed by atoms with E-state index in [0.717, 1.165) is 11.3 Å². The number of nitrogens with two attached hydrogens (primary N) is 1. The summed E-state index contributed by atoms with van der Waals surface area (Å²) in [7, 11) is 1.59. The van der Waals surface area contributed by atoms with Gasteiger partial charge in [-0.3, -0.25) is 0 Å². The third-order valence-corrected chi connectivity index (χ3v) is 2.76. The van der Waals surface area contributed by atoms with Crippen molar-refractivity contribution < 1.29 is 19.4 Å². The summed E-state index contributed by atoms with van der Waals surface area (Å²) in [5.41, 5.74) is 6.90. The minimum absolute atomic E-state index is 0.0490. The van der Waals surface area contributed by atoms with E-state index in [1.165, 1.54) is 6.07 Å². The third kappa shape index (κ3) is 3.20. The fourth-order valence-corrected chi connectivity index (χ4v) is 1.76. The van der Waals surface area contributed by atoms with E-state index in [0.29, 0.717) is 5.69 Å². The van der Waals surface area contributed by atoms with Crippen molar-refractivity contribution in [3.8, 4) is 11.5 Å². The molecule has 0 saturated carbocycles. The van der Waals surface area contributed by atoms with Gasteiger partial charge < -0.3 is 20.3 Å². The zero-order valence-electron chi connectivity index (χ0n) is 11.0. The maximum Gasteiger partial charge on any atom is 0.339 e. The summed E-state index contributed by atoms with van der Waals surface area (Å²) in [4.78, 5) is 11.1. The van der Waals surface area contributed by atoms with Crippen molar-refractivity contribution in [1.82, 2.24) is 0 Å². The van der Waals surface area contributed by atoms with Crippen LogP contribution in [0.15, 0.2) is 42.5 Å². The number of aromatic carboxylic acids is 1. The summed E-state index contributed by atoms with van der Waals surface area (Å²) < 4.78 is 10.7. The molecule has 0 amide bonds. The summed E-state index contributed by atoms with van der Waals surface area (Å²) in [5, 5.41) is 9.11. The van der Waals surface area contributed by atoms with Crippen LogP contribution in [0.5, 0.6) is 11.5 Å². The maximum absolute atomic E-state index is 11.1. The van der Waals surface area contributed by atoms with E-state index < -0.39 is 5.97 Å². The molecule has 0 saturated heterocycles. The Morgan fingerprint density at radius 2 is 2.05 bits per heavy atom. The van der Waals surface area contributed by atoms with E-state index in [4.69, 9.17) is 20.3 Å². The van der Waals surface area contributed by atoms with Gasteiger partial charge in [-0.1, -0.05) is 12.1 Å². The van der Waals surface area contributed by atoms with Crippen LogP contribution >= 0.6 is 0 Å². The minimum atomic E-state index is -1.07. The number of anilines is 1. The molecule has 2 aromatic carbocycles. The number of carboxylic acids is 1. The van der Waals surface area contributed by atoms with Gasteiger partial charge in [0, 0.05) is 5.69 Å². The second-order valence-corrected chi connectivity index (χ2v) is 4.20. The molecular formula is C15H15NO4. The zero-order valence-corrected chi connectivity index (χ0v) is 11.0. The van der Waals surface area contributed by atoms with E-state index in [-0.39, 0.29) is 17.9 Å². The molecule has 0 fully saturated rings. The summed E-state index contributed by atoms with van der Waals surface area (Å²) in [6.07, 6.45) is 0. The summed E-state index contributed by atoms with van der Waals surface area (Å²) in [6, 6.07) is 11.9. The Morgan fingerprint density at radius 1 is 1.25 bits per heavy atom. The van der Waals surface area contributed by atoms with E-state index in [9.17, 15) is 4.79 Å². The molecular weight excluding hydrogens is 258 g/mol. The van der Waals surface area contributed by atoms with Crippen LogP contribution in [0.3, 0.4) is 0 Å². The van der Waals surface area contributed by atoms with Crippen molar-refractivity contribution in [2.75, 3.05) is 12.8 Å². The first-order chi connectivity index (χ1) is 9.60. The minimum Gasteiger partial charge on any atom is -0.497 e. The number of rotatable bonds is 5. The van der Waals surface area contributed by atoms with Crippen molar-refractivity contribution in [3.63, 3.8) is 0 Å². The van der Waals surface area contributed by atoms with Gasteiger partial charge in [0.2, 0.25) is 0 Å². The van der Waals surface area contributed by atoms with Gasteiger partial charge in [-0.25, -0.2) is 4.79 Å². The molecule has 0 aliphatic heterocycles. The number of hydrogen-bond acceptors (Lipinski definition) is 4. The second-order valence-electron chi connectivity index (χ2n) is 4.20. The van der Waals surface area contributed by atoms with Crippen molar-refractivity contribution >= 4 is 11.7 Å². The van der Waals surface area contributed by atoms with Crippen LogP contribution in [0, 0.1) is 0 Å². The topological polar surface area (TPSA) is 81.8 Å². The van der Waals surface area contributed by atoms with E-state index >= 15 is 0 Å². The Kier molecular flexibility index (Phi) is 4.10. The predicted octanol–water partition coefficient (Wildman–Crippen LogP) is 2.55. The molecule has 0 aliphatic rings. The molecule has 0 aliphatic carbocycles. The number of methoxy groups -OCH3 is 1. The van der Waals surface area contributed by atoms with Crippen LogP contribution in [0.25, 0.3) is 0 Å². The number of carboxylic acid groups (broad SMARTS) is 1. The van der Waals surface area contributed by atoms with Crippen molar-refractivity contribution in [2.24, 2.45) is 0 Å². The molecule has 2 aromatic rings. The fraction of sp³-hybridized carbons (Fsp3) is 0.133. The largest absolute Gasteiger partial charge is 0.497 e. The number of benzene rings is 2. The predicted molar refractivity (Wildman–Crippen MR) is 75.1 cm³/mol. The molecule has 20 heavy (non-hydrogen) atoms. The monoisotopic (exact) mass is 273 g/mol. The van der Waals surface area contributed by atoms with Crippen LogP contribution in [0.1, 0.15) is 15.9 Å². The average molecular weight is 273 g/mol. The van der Waals surface area contributed by atoms with Gasteiger partial charge in [-0.05, 0) is 35.9 Å². The summed E-state index contributed by atoms with van der Waals surface area (Å²) in [5.74, 6) is -0.0608. The Labute approximate surface area is 116 Å². The van der Waals surface area contributed by atoms with Gasteiger partial charge in [0.05, 0.1) is 7.11 Å². The summed E-state index contributed by atoms with van der Waals surface area (Å²) >= 11 is 0. The fourth-order valence-electron chi connectivity index (χ4n) is 1.76. The highest BCUT2D eigenvalue weighted by Crippen LogP contribution is 2.23. The van der Waals surface area contributed by atoms with Crippen LogP contribution < -0.4 is 15.2 Å². The molecule has 5 heteroatoms. The molecule has 0 heterocycles. The highest BCUT2D eigenvalue weighted by molar-refractivity contribution is 5.92. The van der Waals surface area contributed by atoms with Crippen molar-refractivity contribution in [1.29, 1.82) is 0 Å². The lowest BCUT2D eigenvalue weighted by Crippen LogP contribution is -2.04. The maximum atomic E-state index is 11.1. The van der Waals surface area contributed by atoms with Crippen LogP contribution in [0.4, 0.5) is 5.69 Å². The molecule has 0 aromatic heterocycles. The normalized spacial score (nSPS) is 10.1. The highest BCUT2D eigenvalue weighted by atomic mass is 16.5. The average Bonchev–Trinajstić information content (AvgIpc) is 2.46. The Hall–Kier alpha value is -2.69. The van der Waals surface area contributed by atoms with E-state index in [1.807, 2.05) is 24.3 Å². The molecule has 2 rings (SSSR count). The van der Waals surface area contributed by atoms with E-state index in [1.54, 1.807) is 19.2 Å². The van der Waals surface area contributed by atoms with Gasteiger partial charge >= 0.3 is 5.97 Å². The lowest BCUT2D eigenvalue weighted by Gasteiger charge is -2.10. The SMILES string of the molecule is COc1cccc(COc2ccc(N)cc2C(=O)O)c1. The Morgan fingerprint density at radius 3 is 2.75 bits per heavy atom. The first-order valence-electron chi connectivity index (χ1n) is 5.98. The molecule has 3 N–H and O–H groups in total. The van der Waals surface area contributed by atoms with Gasteiger partial charge in [0.15, 0.2) is 0 Å². The van der Waals surface area contributed by atoms with Crippen molar-refractivity contribution in [2.45, 2.75) is 6.61 Å². The highest BCUT2D eigenvalue weighted by Gasteiger charge is 2.11. The van der Waals surface area contributed by atoms with Gasteiger partial charge in [-0.2, -0.15) is 0 Å². The number of ether oxygens (including phenoxy) is 2. The number of hydrogen-bond donors (Lipinski definition) is 2. The Bertz CT molecular complexity index is 625. The summed E-state index contributed by atoms with van der Waals surface area (Å²) in [6.45, 7) is 0.251. The van der Waals surface area contributed by atoms with Crippen LogP contribution in [-0.2, 0) is 6.61 Å². The van der Waals surface area contributed by atoms with Gasteiger partial charge in [-0.15, -0.1) is 0 Å². The third-order valence-electron chi connectivity index (χ3n) is 2.76. The lowest BCUT2D eigenvalue weighted by molar-refractivity contribution is 0.0692. The van der Waals surface area contributed by atoms with Crippen LogP contribution in [0.2, 0.25) is 0 Å². The second kappa shape index (κ2) is 5.97. The molecule has 0 bridgehead atoms. The standard InChI is InChI=1S/C15H15NO4/c1-19-12-4-2-3-10(7-12)9-20-14-6-5-11(16)8-13(14)15(17)18/h2-8H,9,16H2,1H3,(H,17,18). The Balaban J connectivity index is 2.16. The zero-order chi connectivity index (χ0) is 14.5. The lowest BCUT2D eigenvalue weighted by atomic mass is 10.1. The van der Waals surface area contributed by atoms with Crippen molar-refractivity contribution in [3.05, 3.63) is 53.6 Å². The molecule has 104 valence electrons. The molecule has 0 atom stereocenters. The first kappa shape index (κ1) is 13.7. The quantitative estimate of drug-likeness (QED) is 0.818.